The fourth-order valence-corrected chi connectivity index (χ4v) is 3.60. The molecule has 2 aliphatic heterocycles. The number of nitrogens with zero attached hydrogens (tertiary/aromatic N) is 4. The van der Waals surface area contributed by atoms with Gasteiger partial charge in [0.15, 0.2) is 5.65 Å². The maximum Gasteiger partial charge on any atom is 0.160 e. The molecule has 4 rings (SSSR count). The van der Waals surface area contributed by atoms with E-state index in [4.69, 9.17) is 9.72 Å². The van der Waals surface area contributed by atoms with Crippen LogP contribution >= 0.6 is 0 Å². The van der Waals surface area contributed by atoms with Gasteiger partial charge in [-0.05, 0) is 38.6 Å². The lowest BCUT2D eigenvalue weighted by Crippen LogP contribution is -2.18. The van der Waals surface area contributed by atoms with Crippen molar-refractivity contribution in [2.75, 3.05) is 33.4 Å². The second-order valence-corrected chi connectivity index (χ2v) is 6.40. The fourth-order valence-electron chi connectivity index (χ4n) is 3.60. The minimum absolute atomic E-state index is 0.534. The zero-order valence-corrected chi connectivity index (χ0v) is 12.5. The van der Waals surface area contributed by atoms with Crippen molar-refractivity contribution in [1.29, 1.82) is 0 Å². The van der Waals surface area contributed by atoms with Gasteiger partial charge in [0.05, 0.1) is 6.61 Å². The van der Waals surface area contributed by atoms with Gasteiger partial charge in [0, 0.05) is 37.7 Å². The van der Waals surface area contributed by atoms with Crippen molar-refractivity contribution in [3.8, 4) is 0 Å². The molecule has 21 heavy (non-hydrogen) atoms. The van der Waals surface area contributed by atoms with Crippen LogP contribution in [0.1, 0.15) is 24.6 Å². The molecule has 0 bridgehead atoms. The van der Waals surface area contributed by atoms with Gasteiger partial charge in [-0.1, -0.05) is 0 Å². The lowest BCUT2D eigenvalue weighted by atomic mass is 10.1. The second kappa shape index (κ2) is 5.39. The van der Waals surface area contributed by atoms with Crippen LogP contribution in [0.2, 0.25) is 0 Å². The monoisotopic (exact) mass is 286 g/mol. The molecule has 0 amide bonds. The summed E-state index contributed by atoms with van der Waals surface area (Å²) < 4.78 is 7.90. The van der Waals surface area contributed by atoms with Gasteiger partial charge >= 0.3 is 0 Å². The zero-order valence-electron chi connectivity index (χ0n) is 12.5. The predicted octanol–water partition coefficient (Wildman–Crippen LogP) is 1.89. The summed E-state index contributed by atoms with van der Waals surface area (Å²) >= 11 is 0. The van der Waals surface area contributed by atoms with E-state index in [-0.39, 0.29) is 0 Å². The van der Waals surface area contributed by atoms with Gasteiger partial charge in [0.1, 0.15) is 11.3 Å². The molecular formula is C16H22N4O. The van der Waals surface area contributed by atoms with Crippen molar-refractivity contribution in [3.63, 3.8) is 0 Å². The van der Waals surface area contributed by atoms with E-state index in [1.54, 1.807) is 0 Å². The number of rotatable bonds is 3. The number of hydrogen-bond donors (Lipinski definition) is 0. The number of ether oxygens (including phenoxy) is 1. The van der Waals surface area contributed by atoms with E-state index in [9.17, 15) is 0 Å². The Balaban J connectivity index is 1.73. The summed E-state index contributed by atoms with van der Waals surface area (Å²) in [7, 11) is 2.19. The molecule has 0 spiro atoms. The third-order valence-electron chi connectivity index (χ3n) is 4.75. The molecule has 0 aliphatic carbocycles. The highest BCUT2D eigenvalue weighted by molar-refractivity contribution is 5.71. The van der Waals surface area contributed by atoms with E-state index >= 15 is 0 Å². The minimum atomic E-state index is 0.534. The first kappa shape index (κ1) is 13.2. The molecule has 0 N–H and O–H groups in total. The summed E-state index contributed by atoms with van der Waals surface area (Å²) in [6.45, 7) is 5.02. The average Bonchev–Trinajstić information content (AvgIpc) is 3.20. The van der Waals surface area contributed by atoms with E-state index in [0.29, 0.717) is 11.8 Å². The standard InChI is InChI=1S/C16H22N4O/c1-19-7-4-13(10-19)15-18-14-3-2-6-17-16(14)20(15)9-12-5-8-21-11-12/h2-3,6,12-13H,4-5,7-11H2,1H3. The highest BCUT2D eigenvalue weighted by Gasteiger charge is 2.28. The van der Waals surface area contributed by atoms with Crippen LogP contribution in [0.5, 0.6) is 0 Å². The van der Waals surface area contributed by atoms with Gasteiger partial charge in [0.25, 0.3) is 0 Å². The molecule has 2 aromatic rings. The summed E-state index contributed by atoms with van der Waals surface area (Å²) in [5.41, 5.74) is 2.06. The molecule has 2 saturated heterocycles. The van der Waals surface area contributed by atoms with Crippen molar-refractivity contribution in [2.45, 2.75) is 25.3 Å². The molecule has 2 fully saturated rings. The van der Waals surface area contributed by atoms with Crippen molar-refractivity contribution in [3.05, 3.63) is 24.2 Å². The number of likely N-dealkylation sites (tertiary alicyclic amines) is 1. The van der Waals surface area contributed by atoms with Gasteiger partial charge in [-0.25, -0.2) is 9.97 Å². The molecule has 2 unspecified atom stereocenters. The second-order valence-electron chi connectivity index (χ2n) is 6.40. The van der Waals surface area contributed by atoms with Gasteiger partial charge in [0.2, 0.25) is 0 Å². The summed E-state index contributed by atoms with van der Waals surface area (Å²) in [5.74, 6) is 2.36. The van der Waals surface area contributed by atoms with Crippen LogP contribution in [0, 0.1) is 5.92 Å². The van der Waals surface area contributed by atoms with E-state index in [2.05, 4.69) is 27.6 Å². The first-order chi connectivity index (χ1) is 10.3. The molecule has 5 heteroatoms. The molecule has 2 aliphatic rings. The Morgan fingerprint density at radius 1 is 1.38 bits per heavy atom. The smallest absolute Gasteiger partial charge is 0.160 e. The summed E-state index contributed by atoms with van der Waals surface area (Å²) in [6.07, 6.45) is 4.22. The lowest BCUT2D eigenvalue weighted by Gasteiger charge is -2.16. The average molecular weight is 286 g/mol. The molecular weight excluding hydrogens is 264 g/mol. The molecule has 5 nitrogen and oxygen atoms in total. The molecule has 0 radical (unpaired) electrons. The van der Waals surface area contributed by atoms with E-state index < -0.39 is 0 Å². The van der Waals surface area contributed by atoms with E-state index in [0.717, 1.165) is 50.4 Å². The Hall–Kier alpha value is -1.46. The fraction of sp³-hybridized carbons (Fsp3) is 0.625. The summed E-state index contributed by atoms with van der Waals surface area (Å²) in [6, 6.07) is 4.05. The third kappa shape index (κ3) is 2.45. The van der Waals surface area contributed by atoms with Crippen molar-refractivity contribution >= 4 is 11.2 Å². The van der Waals surface area contributed by atoms with Crippen LogP contribution in [0.3, 0.4) is 0 Å². The quantitative estimate of drug-likeness (QED) is 0.864. The van der Waals surface area contributed by atoms with Gasteiger partial charge in [-0.15, -0.1) is 0 Å². The van der Waals surface area contributed by atoms with Crippen LogP contribution in [0.4, 0.5) is 0 Å². The Morgan fingerprint density at radius 2 is 2.33 bits per heavy atom. The van der Waals surface area contributed by atoms with Crippen LogP contribution in [0.25, 0.3) is 11.2 Å². The lowest BCUT2D eigenvalue weighted by molar-refractivity contribution is 0.182. The van der Waals surface area contributed by atoms with Crippen molar-refractivity contribution in [2.24, 2.45) is 5.92 Å². The Kier molecular flexibility index (Phi) is 3.39. The molecule has 112 valence electrons. The highest BCUT2D eigenvalue weighted by atomic mass is 16.5. The van der Waals surface area contributed by atoms with Gasteiger partial charge < -0.3 is 14.2 Å². The molecule has 2 atom stereocenters. The van der Waals surface area contributed by atoms with Gasteiger partial charge in [-0.2, -0.15) is 0 Å². The number of pyridine rings is 1. The normalized spacial score (nSPS) is 26.9. The molecule has 0 saturated carbocycles. The number of hydrogen-bond acceptors (Lipinski definition) is 4. The zero-order chi connectivity index (χ0) is 14.2. The first-order valence-corrected chi connectivity index (χ1v) is 7.88. The number of fused-ring (bicyclic) bond motifs is 1. The Bertz CT molecular complexity index is 632. The molecule has 0 aromatic carbocycles. The molecule has 4 heterocycles. The number of imidazole rings is 1. The topological polar surface area (TPSA) is 43.2 Å². The Morgan fingerprint density at radius 3 is 3.10 bits per heavy atom. The van der Waals surface area contributed by atoms with Crippen LogP contribution in [0.15, 0.2) is 18.3 Å². The maximum absolute atomic E-state index is 5.54. The SMILES string of the molecule is CN1CCC(c2nc3cccnc3n2CC2CCOC2)C1. The number of aromatic nitrogens is 3. The minimum Gasteiger partial charge on any atom is -0.381 e. The number of likely N-dealkylation sites (N-methyl/N-ethyl adjacent to an activating group) is 1. The van der Waals surface area contributed by atoms with E-state index in [1.165, 1.54) is 12.2 Å². The van der Waals surface area contributed by atoms with Crippen LogP contribution < -0.4 is 0 Å². The van der Waals surface area contributed by atoms with Crippen LogP contribution in [-0.2, 0) is 11.3 Å². The van der Waals surface area contributed by atoms with Crippen molar-refractivity contribution in [1.82, 2.24) is 19.4 Å². The Labute approximate surface area is 124 Å². The first-order valence-electron chi connectivity index (χ1n) is 7.88. The maximum atomic E-state index is 5.54. The largest absolute Gasteiger partial charge is 0.381 e. The van der Waals surface area contributed by atoms with Crippen molar-refractivity contribution < 1.29 is 4.74 Å². The van der Waals surface area contributed by atoms with Crippen LogP contribution in [-0.4, -0.2) is 52.8 Å². The highest BCUT2D eigenvalue weighted by Crippen LogP contribution is 2.29. The van der Waals surface area contributed by atoms with Gasteiger partial charge in [-0.3, -0.25) is 0 Å². The molecule has 2 aromatic heterocycles. The van der Waals surface area contributed by atoms with E-state index in [1.807, 2.05) is 12.3 Å². The summed E-state index contributed by atoms with van der Waals surface area (Å²) in [4.78, 5) is 11.9. The third-order valence-corrected chi connectivity index (χ3v) is 4.75. The predicted molar refractivity (Wildman–Crippen MR) is 81.3 cm³/mol. The summed E-state index contributed by atoms with van der Waals surface area (Å²) in [5, 5.41) is 0.